The molecule has 1 aliphatic heterocycles. The van der Waals surface area contributed by atoms with Gasteiger partial charge in [-0.15, -0.1) is 0 Å². The van der Waals surface area contributed by atoms with E-state index < -0.39 is 36.3 Å². The molecule has 2 amide bonds. The van der Waals surface area contributed by atoms with Gasteiger partial charge >= 0.3 is 20.2 Å². The Balaban J connectivity index is 0.000000196. The lowest BCUT2D eigenvalue weighted by atomic mass is 10.1. The number of nitrogens with one attached hydrogen (secondary N) is 1. The third kappa shape index (κ3) is 7.26. The molecule has 3 heterocycles. The van der Waals surface area contributed by atoms with Gasteiger partial charge in [0.05, 0.1) is 11.1 Å². The quantitative estimate of drug-likeness (QED) is 0.418. The highest BCUT2D eigenvalue weighted by Crippen LogP contribution is 2.18. The van der Waals surface area contributed by atoms with Gasteiger partial charge in [0.2, 0.25) is 10.2 Å². The van der Waals surface area contributed by atoms with Crippen LogP contribution in [0, 0.1) is 0 Å². The Hall–Kier alpha value is -3.46. The first kappa shape index (κ1) is 26.2. The molecule has 1 aliphatic rings. The van der Waals surface area contributed by atoms with Crippen molar-refractivity contribution in [3.8, 4) is 0 Å². The maximum Gasteiger partial charge on any atom is 0.328 e. The minimum atomic E-state index is -4.44. The lowest BCUT2D eigenvalue weighted by molar-refractivity contribution is 0.0723. The van der Waals surface area contributed by atoms with Crippen molar-refractivity contribution < 1.29 is 44.4 Å². The van der Waals surface area contributed by atoms with E-state index >= 15 is 0 Å². The predicted molar refractivity (Wildman–Crippen MR) is 121 cm³/mol. The molecule has 0 bridgehead atoms. The predicted octanol–water partition coefficient (Wildman–Crippen LogP) is 2.93. The molecule has 4 rings (SSSR count). The van der Waals surface area contributed by atoms with Crippen molar-refractivity contribution in [2.24, 2.45) is 0 Å². The summed E-state index contributed by atoms with van der Waals surface area (Å²) in [5, 5.41) is 1.28. The molecule has 0 unspecified atom stereocenters. The Morgan fingerprint density at radius 2 is 1.31 bits per heavy atom. The van der Waals surface area contributed by atoms with Crippen LogP contribution in [0.5, 0.6) is 0 Å². The number of benzene rings is 1. The monoisotopic (exact) mass is 526 g/mol. The maximum absolute atomic E-state index is 11.9. The molecule has 0 spiro atoms. The topological polar surface area (TPSA) is 184 Å². The molecule has 1 saturated heterocycles. The SMILES string of the molecule is O=C(Nc1ccccc1)c1coc(S(=O)(=O)O)c1.O=C(c1coc(S(=O)(=O)O)c1)N1CCCCC1. The Bertz CT molecular complexity index is 1390. The molecule has 3 N–H and O–H groups in total. The van der Waals surface area contributed by atoms with Gasteiger partial charge in [-0.25, -0.2) is 0 Å². The summed E-state index contributed by atoms with van der Waals surface area (Å²) in [6.45, 7) is 1.34. The molecule has 0 atom stereocenters. The fourth-order valence-corrected chi connectivity index (χ4v) is 4.03. The van der Waals surface area contributed by atoms with Gasteiger partial charge in [0.25, 0.3) is 11.8 Å². The number of para-hydroxylation sites is 1. The van der Waals surface area contributed by atoms with Crippen molar-refractivity contribution in [2.75, 3.05) is 18.4 Å². The Morgan fingerprint density at radius 3 is 1.83 bits per heavy atom. The summed E-state index contributed by atoms with van der Waals surface area (Å²) in [4.78, 5) is 25.3. The minimum absolute atomic E-state index is 0.00600. The fraction of sp³-hybridized carbons (Fsp3) is 0.238. The summed E-state index contributed by atoms with van der Waals surface area (Å²) in [5.41, 5.74) is 0.725. The average molecular weight is 527 g/mol. The standard InChI is InChI=1S/C11H9NO5S.C10H13NO5S/c13-11(12-9-4-2-1-3-5-9)8-6-10(17-7-8)18(14,15)16;12-10(11-4-2-1-3-5-11)8-6-9(16-7-8)17(13,14)15/h1-7H,(H,12,13)(H,14,15,16);6-7H,1-5H2,(H,13,14,15). The molecule has 1 fully saturated rings. The third-order valence-corrected chi connectivity index (χ3v) is 6.29. The lowest BCUT2D eigenvalue weighted by Gasteiger charge is -2.26. The number of anilines is 1. The van der Waals surface area contributed by atoms with Gasteiger partial charge in [-0.05, 0) is 31.4 Å². The first-order valence-corrected chi connectivity index (χ1v) is 13.1. The van der Waals surface area contributed by atoms with Gasteiger partial charge in [0, 0.05) is 30.9 Å². The van der Waals surface area contributed by atoms with Crippen LogP contribution in [0.25, 0.3) is 0 Å². The maximum atomic E-state index is 11.9. The summed E-state index contributed by atoms with van der Waals surface area (Å²) >= 11 is 0. The van der Waals surface area contributed by atoms with E-state index in [1.165, 1.54) is 0 Å². The number of rotatable bonds is 5. The number of amides is 2. The molecule has 12 nitrogen and oxygen atoms in total. The summed E-state index contributed by atoms with van der Waals surface area (Å²) in [5.74, 6) is -0.789. The van der Waals surface area contributed by atoms with Crippen LogP contribution in [0.2, 0.25) is 0 Å². The van der Waals surface area contributed by atoms with Crippen LogP contribution in [-0.4, -0.2) is 55.7 Å². The summed E-state index contributed by atoms with van der Waals surface area (Å²) in [6.07, 6.45) is 5.02. The number of carbonyl (C=O) groups is 2. The van der Waals surface area contributed by atoms with Crippen molar-refractivity contribution in [3.63, 3.8) is 0 Å². The molecule has 35 heavy (non-hydrogen) atoms. The van der Waals surface area contributed by atoms with Crippen molar-refractivity contribution in [3.05, 3.63) is 66.1 Å². The molecule has 14 heteroatoms. The van der Waals surface area contributed by atoms with Crippen LogP contribution >= 0.6 is 0 Å². The second-order valence-electron chi connectivity index (χ2n) is 7.43. The number of nitrogens with zero attached hydrogens (tertiary/aromatic N) is 1. The van der Waals surface area contributed by atoms with Crippen molar-refractivity contribution in [1.82, 2.24) is 4.90 Å². The molecule has 0 radical (unpaired) electrons. The first-order chi connectivity index (χ1) is 16.4. The summed E-state index contributed by atoms with van der Waals surface area (Å²) in [7, 11) is -8.82. The fourth-order valence-electron chi connectivity index (χ4n) is 3.14. The molecule has 188 valence electrons. The first-order valence-electron chi connectivity index (χ1n) is 10.2. The van der Waals surface area contributed by atoms with Crippen LogP contribution in [0.4, 0.5) is 5.69 Å². The molecule has 3 aromatic rings. The second kappa shape index (κ2) is 10.9. The second-order valence-corrected chi connectivity index (χ2v) is 10.1. The highest BCUT2D eigenvalue weighted by atomic mass is 32.2. The van der Waals surface area contributed by atoms with Gasteiger partial charge in [-0.3, -0.25) is 18.7 Å². The van der Waals surface area contributed by atoms with Crippen molar-refractivity contribution in [2.45, 2.75) is 29.4 Å². The number of piperidine rings is 1. The minimum Gasteiger partial charge on any atom is -0.450 e. The van der Waals surface area contributed by atoms with E-state index in [2.05, 4.69) is 14.2 Å². The van der Waals surface area contributed by atoms with E-state index in [1.54, 1.807) is 35.2 Å². The molecule has 0 saturated carbocycles. The highest BCUT2D eigenvalue weighted by molar-refractivity contribution is 7.85. The normalized spacial score (nSPS) is 14.1. The number of hydrogen-bond donors (Lipinski definition) is 3. The van der Waals surface area contributed by atoms with Crippen LogP contribution < -0.4 is 5.32 Å². The largest absolute Gasteiger partial charge is 0.450 e. The van der Waals surface area contributed by atoms with Crippen LogP contribution in [-0.2, 0) is 20.2 Å². The molecular formula is C21H22N2O10S2. The Kier molecular flexibility index (Phi) is 8.11. The van der Waals surface area contributed by atoms with Gasteiger partial charge in [-0.2, -0.15) is 16.8 Å². The zero-order chi connectivity index (χ0) is 25.6. The molecule has 0 aliphatic carbocycles. The van der Waals surface area contributed by atoms with E-state index in [9.17, 15) is 26.4 Å². The summed E-state index contributed by atoms with van der Waals surface area (Å²) < 4.78 is 69.8. The number of likely N-dealkylation sites (tertiary alicyclic amines) is 1. The van der Waals surface area contributed by atoms with Gasteiger partial charge in [0.15, 0.2) is 0 Å². The average Bonchev–Trinajstić information content (AvgIpc) is 3.50. The van der Waals surface area contributed by atoms with Gasteiger partial charge < -0.3 is 19.1 Å². The zero-order valence-corrected chi connectivity index (χ0v) is 19.8. The highest BCUT2D eigenvalue weighted by Gasteiger charge is 2.23. The van der Waals surface area contributed by atoms with Crippen LogP contribution in [0.15, 0.2) is 74.0 Å². The van der Waals surface area contributed by atoms with E-state index in [1.807, 2.05) is 0 Å². The smallest absolute Gasteiger partial charge is 0.328 e. The molecular weight excluding hydrogens is 504 g/mol. The number of furan rings is 2. The van der Waals surface area contributed by atoms with E-state index in [0.717, 1.165) is 43.9 Å². The third-order valence-electron chi connectivity index (χ3n) is 4.84. The van der Waals surface area contributed by atoms with Crippen molar-refractivity contribution in [1.29, 1.82) is 0 Å². The lowest BCUT2D eigenvalue weighted by Crippen LogP contribution is -2.35. The Morgan fingerprint density at radius 1 is 0.800 bits per heavy atom. The summed E-state index contributed by atoms with van der Waals surface area (Å²) in [6, 6.07) is 10.6. The van der Waals surface area contributed by atoms with Crippen molar-refractivity contribution >= 4 is 37.7 Å². The Labute approximate surface area is 201 Å². The number of carbonyl (C=O) groups excluding carboxylic acids is 2. The van der Waals surface area contributed by atoms with Gasteiger partial charge in [-0.1, -0.05) is 18.2 Å². The van der Waals surface area contributed by atoms with Gasteiger partial charge in [0.1, 0.15) is 12.5 Å². The van der Waals surface area contributed by atoms with E-state index in [-0.39, 0.29) is 17.0 Å². The van der Waals surface area contributed by atoms with Crippen LogP contribution in [0.3, 0.4) is 0 Å². The van der Waals surface area contributed by atoms with E-state index in [0.29, 0.717) is 18.8 Å². The molecule has 1 aromatic carbocycles. The molecule has 2 aromatic heterocycles. The number of hydrogen-bond acceptors (Lipinski definition) is 8. The zero-order valence-electron chi connectivity index (χ0n) is 18.2. The van der Waals surface area contributed by atoms with E-state index in [4.69, 9.17) is 9.11 Å². The van der Waals surface area contributed by atoms with Crippen LogP contribution in [0.1, 0.15) is 40.0 Å².